The Morgan fingerprint density at radius 1 is 1.50 bits per heavy atom. The van der Waals surface area contributed by atoms with Gasteiger partial charge in [0.25, 0.3) is 0 Å². The molecular formula is C8H6N3NaO2. The quantitative estimate of drug-likeness (QED) is 0.504. The van der Waals surface area contributed by atoms with E-state index in [1.54, 1.807) is 12.3 Å². The average Bonchev–Trinajstić information content (AvgIpc) is 2.51. The number of H-pyrrole nitrogens is 1. The van der Waals surface area contributed by atoms with Gasteiger partial charge in [-0.15, -0.1) is 0 Å². The molecule has 1 N–H and O–H groups in total. The summed E-state index contributed by atoms with van der Waals surface area (Å²) in [6.45, 7) is 0. The molecule has 0 aromatic carbocycles. The molecule has 0 atom stereocenters. The van der Waals surface area contributed by atoms with Crippen LogP contribution >= 0.6 is 0 Å². The number of nitrogens with one attached hydrogen (secondary N) is 1. The van der Waals surface area contributed by atoms with Crippen LogP contribution in [0.4, 0.5) is 0 Å². The Labute approximate surface area is 102 Å². The molecule has 66 valence electrons. The number of aromatic nitrogens is 3. The summed E-state index contributed by atoms with van der Waals surface area (Å²) < 4.78 is 0. The summed E-state index contributed by atoms with van der Waals surface area (Å²) in [5.41, 5.74) is 1.12. The van der Waals surface area contributed by atoms with Gasteiger partial charge in [0.05, 0.1) is 5.69 Å². The van der Waals surface area contributed by atoms with E-state index in [-0.39, 0.29) is 36.0 Å². The second-order valence-electron chi connectivity index (χ2n) is 2.61. The molecule has 0 spiro atoms. The average molecular weight is 199 g/mol. The number of rotatable bonds is 2. The number of hydrogen-bond donors (Lipinski definition) is 1. The smallest absolute Gasteiger partial charge is 0.550 e. The number of aliphatic carboxylic acids is 1. The van der Waals surface area contributed by atoms with E-state index in [0.717, 1.165) is 5.39 Å². The summed E-state index contributed by atoms with van der Waals surface area (Å²) >= 11 is 0. The Bertz CT molecular complexity index is 455. The van der Waals surface area contributed by atoms with Gasteiger partial charge in [0, 0.05) is 24.0 Å². The van der Waals surface area contributed by atoms with Crippen LogP contribution in [0.3, 0.4) is 0 Å². The van der Waals surface area contributed by atoms with E-state index in [2.05, 4.69) is 15.0 Å². The van der Waals surface area contributed by atoms with Crippen molar-refractivity contribution < 1.29 is 39.5 Å². The first-order chi connectivity index (χ1) is 6.27. The fraction of sp³-hybridized carbons (Fsp3) is 0.125. The number of carboxylic acid groups (broad SMARTS) is 1. The third-order valence-corrected chi connectivity index (χ3v) is 1.75. The SMILES string of the molecule is O=C([O-])Cc1ncnc2[nH]ccc12.[Na+]. The fourth-order valence-corrected chi connectivity index (χ4v) is 1.20. The number of aromatic amines is 1. The van der Waals surface area contributed by atoms with Crippen molar-refractivity contribution in [2.45, 2.75) is 6.42 Å². The Morgan fingerprint density at radius 3 is 3.00 bits per heavy atom. The molecule has 2 rings (SSSR count). The molecule has 2 heterocycles. The van der Waals surface area contributed by atoms with E-state index >= 15 is 0 Å². The van der Waals surface area contributed by atoms with Crippen LogP contribution in [0.25, 0.3) is 11.0 Å². The molecule has 14 heavy (non-hydrogen) atoms. The summed E-state index contributed by atoms with van der Waals surface area (Å²) in [7, 11) is 0. The maximum absolute atomic E-state index is 10.4. The van der Waals surface area contributed by atoms with Crippen molar-refractivity contribution in [3.8, 4) is 0 Å². The molecule has 5 nitrogen and oxygen atoms in total. The minimum absolute atomic E-state index is 0. The summed E-state index contributed by atoms with van der Waals surface area (Å²) in [4.78, 5) is 21.0. The maximum Gasteiger partial charge on any atom is 1.00 e. The molecule has 0 saturated carbocycles. The van der Waals surface area contributed by atoms with Gasteiger partial charge in [-0.1, -0.05) is 0 Å². The van der Waals surface area contributed by atoms with Gasteiger partial charge in [0.2, 0.25) is 0 Å². The van der Waals surface area contributed by atoms with Crippen molar-refractivity contribution >= 4 is 17.0 Å². The number of carboxylic acids is 1. The third kappa shape index (κ3) is 2.12. The zero-order valence-corrected chi connectivity index (χ0v) is 9.65. The van der Waals surface area contributed by atoms with Crippen LogP contribution in [0.5, 0.6) is 0 Å². The van der Waals surface area contributed by atoms with Gasteiger partial charge in [-0.05, 0) is 6.07 Å². The van der Waals surface area contributed by atoms with E-state index in [4.69, 9.17) is 0 Å². The molecule has 2 aromatic rings. The first-order valence-corrected chi connectivity index (χ1v) is 3.74. The van der Waals surface area contributed by atoms with Crippen LogP contribution < -0.4 is 34.7 Å². The molecule has 0 amide bonds. The standard InChI is InChI=1S/C8H7N3O2.Na/c12-7(13)3-6-5-1-2-9-8(5)11-4-10-6;/h1-2,4H,3H2,(H,12,13)(H,9,10,11);/q;+1/p-1. The van der Waals surface area contributed by atoms with Crippen molar-refractivity contribution in [1.29, 1.82) is 0 Å². The molecule has 6 heteroatoms. The molecule has 0 fully saturated rings. The summed E-state index contributed by atoms with van der Waals surface area (Å²) in [5.74, 6) is -1.14. The van der Waals surface area contributed by atoms with Crippen LogP contribution in [0, 0.1) is 0 Å². The van der Waals surface area contributed by atoms with Gasteiger partial charge in [0.1, 0.15) is 12.0 Å². The molecule has 0 saturated heterocycles. The number of fused-ring (bicyclic) bond motifs is 1. The summed E-state index contributed by atoms with van der Waals surface area (Å²) in [6.07, 6.45) is 2.84. The molecule has 0 radical (unpaired) electrons. The molecule has 2 aromatic heterocycles. The van der Waals surface area contributed by atoms with Crippen LogP contribution in [0.2, 0.25) is 0 Å². The van der Waals surface area contributed by atoms with E-state index < -0.39 is 5.97 Å². The van der Waals surface area contributed by atoms with Crippen LogP contribution in [-0.4, -0.2) is 20.9 Å². The minimum Gasteiger partial charge on any atom is -0.550 e. The van der Waals surface area contributed by atoms with Crippen molar-refractivity contribution in [3.05, 3.63) is 24.3 Å². The topological polar surface area (TPSA) is 81.7 Å². The Kier molecular flexibility index (Phi) is 3.62. The molecule has 0 aliphatic carbocycles. The molecular weight excluding hydrogens is 193 g/mol. The molecule has 0 bridgehead atoms. The van der Waals surface area contributed by atoms with Crippen LogP contribution in [-0.2, 0) is 11.2 Å². The van der Waals surface area contributed by atoms with E-state index in [1.807, 2.05) is 0 Å². The van der Waals surface area contributed by atoms with Crippen molar-refractivity contribution in [2.75, 3.05) is 0 Å². The second-order valence-corrected chi connectivity index (χ2v) is 2.61. The van der Waals surface area contributed by atoms with Gasteiger partial charge in [0.15, 0.2) is 0 Å². The second kappa shape index (κ2) is 4.54. The van der Waals surface area contributed by atoms with E-state index in [1.165, 1.54) is 6.33 Å². The molecule has 0 aliphatic heterocycles. The number of carbonyl (C=O) groups is 1. The third-order valence-electron chi connectivity index (χ3n) is 1.75. The van der Waals surface area contributed by atoms with Gasteiger partial charge in [-0.2, -0.15) is 0 Å². The fourth-order valence-electron chi connectivity index (χ4n) is 1.20. The summed E-state index contributed by atoms with van der Waals surface area (Å²) in [5, 5.41) is 11.1. The number of carbonyl (C=O) groups excluding carboxylic acids is 1. The van der Waals surface area contributed by atoms with Gasteiger partial charge < -0.3 is 14.9 Å². The van der Waals surface area contributed by atoms with Crippen molar-refractivity contribution in [2.24, 2.45) is 0 Å². The Morgan fingerprint density at radius 2 is 2.29 bits per heavy atom. The summed E-state index contributed by atoms with van der Waals surface area (Å²) in [6, 6.07) is 1.74. The van der Waals surface area contributed by atoms with Gasteiger partial charge >= 0.3 is 29.6 Å². The zero-order chi connectivity index (χ0) is 9.26. The number of nitrogens with zero attached hydrogens (tertiary/aromatic N) is 2. The molecule has 0 aliphatic rings. The predicted molar refractivity (Wildman–Crippen MR) is 42.6 cm³/mol. The normalized spacial score (nSPS) is 9.71. The zero-order valence-electron chi connectivity index (χ0n) is 7.65. The monoisotopic (exact) mass is 199 g/mol. The van der Waals surface area contributed by atoms with Crippen LogP contribution in [0.1, 0.15) is 5.69 Å². The maximum atomic E-state index is 10.4. The van der Waals surface area contributed by atoms with Gasteiger partial charge in [-0.25, -0.2) is 9.97 Å². The molecule has 0 unspecified atom stereocenters. The van der Waals surface area contributed by atoms with Crippen LogP contribution in [0.15, 0.2) is 18.6 Å². The Hall–Kier alpha value is -0.910. The van der Waals surface area contributed by atoms with E-state index in [0.29, 0.717) is 11.3 Å². The van der Waals surface area contributed by atoms with Crippen molar-refractivity contribution in [1.82, 2.24) is 15.0 Å². The largest absolute Gasteiger partial charge is 1.00 e. The first-order valence-electron chi connectivity index (χ1n) is 3.74. The van der Waals surface area contributed by atoms with Gasteiger partial charge in [-0.3, -0.25) is 0 Å². The van der Waals surface area contributed by atoms with E-state index in [9.17, 15) is 9.90 Å². The van der Waals surface area contributed by atoms with Crippen molar-refractivity contribution in [3.63, 3.8) is 0 Å². The minimum atomic E-state index is -1.14. The predicted octanol–water partition coefficient (Wildman–Crippen LogP) is -3.75. The first kappa shape index (κ1) is 11.2. The number of hydrogen-bond acceptors (Lipinski definition) is 4. The Balaban J connectivity index is 0.000000980.